The van der Waals surface area contributed by atoms with E-state index in [1.54, 1.807) is 23.1 Å². The van der Waals surface area contributed by atoms with Gasteiger partial charge in [-0.15, -0.1) is 0 Å². The van der Waals surface area contributed by atoms with E-state index in [1.165, 1.54) is 0 Å². The van der Waals surface area contributed by atoms with Gasteiger partial charge in [0.05, 0.1) is 5.56 Å². The summed E-state index contributed by atoms with van der Waals surface area (Å²) < 4.78 is 52.4. The van der Waals surface area contributed by atoms with Crippen LogP contribution in [0.15, 0.2) is 54.6 Å². The van der Waals surface area contributed by atoms with E-state index < -0.39 is 12.8 Å². The maximum Gasteiger partial charge on any atom is 0.411 e. The second-order valence-corrected chi connectivity index (χ2v) is 7.66. The number of piperazine rings is 1. The van der Waals surface area contributed by atoms with Gasteiger partial charge in [-0.3, -0.25) is 9.69 Å². The van der Waals surface area contributed by atoms with Gasteiger partial charge in [-0.1, -0.05) is 30.3 Å². The minimum atomic E-state index is -4.29. The number of ether oxygens (including phenoxy) is 3. The highest BCUT2D eigenvalue weighted by molar-refractivity contribution is 5.97. The lowest BCUT2D eigenvalue weighted by molar-refractivity contribution is -0.174. The number of para-hydroxylation sites is 2. The van der Waals surface area contributed by atoms with Gasteiger partial charge in [0, 0.05) is 39.3 Å². The lowest BCUT2D eigenvalue weighted by Crippen LogP contribution is -2.49. The van der Waals surface area contributed by atoms with Crippen LogP contribution in [0.5, 0.6) is 11.5 Å². The van der Waals surface area contributed by atoms with E-state index in [4.69, 9.17) is 9.47 Å². The third-order valence-electron chi connectivity index (χ3n) is 5.16. The molecule has 0 saturated carbocycles. The molecule has 1 saturated heterocycles. The first-order valence-electron chi connectivity index (χ1n) is 11.0. The normalized spacial score (nSPS) is 14.8. The van der Waals surface area contributed by atoms with Gasteiger partial charge in [-0.05, 0) is 30.7 Å². The Morgan fingerprint density at radius 2 is 1.52 bits per heavy atom. The molecule has 0 unspecified atom stereocenters. The van der Waals surface area contributed by atoms with Crippen LogP contribution in [0.1, 0.15) is 16.8 Å². The van der Waals surface area contributed by atoms with E-state index in [0.29, 0.717) is 63.7 Å². The summed E-state index contributed by atoms with van der Waals surface area (Å²) in [7, 11) is 0. The molecular formula is C24H29F3N2O4. The second kappa shape index (κ2) is 12.5. The quantitative estimate of drug-likeness (QED) is 0.471. The van der Waals surface area contributed by atoms with Gasteiger partial charge >= 0.3 is 6.18 Å². The van der Waals surface area contributed by atoms with Gasteiger partial charge in [-0.2, -0.15) is 13.2 Å². The molecule has 1 aliphatic heterocycles. The monoisotopic (exact) mass is 466 g/mol. The molecule has 1 aliphatic rings. The third kappa shape index (κ3) is 8.58. The molecule has 1 heterocycles. The van der Waals surface area contributed by atoms with Crippen molar-refractivity contribution in [3.8, 4) is 11.5 Å². The number of carbonyl (C=O) groups excluding carboxylic acids is 1. The van der Waals surface area contributed by atoms with Gasteiger partial charge in [0.25, 0.3) is 5.91 Å². The number of carbonyl (C=O) groups is 1. The van der Waals surface area contributed by atoms with Crippen molar-refractivity contribution < 1.29 is 32.2 Å². The molecule has 3 rings (SSSR count). The Labute approximate surface area is 191 Å². The van der Waals surface area contributed by atoms with Crippen LogP contribution in [0.4, 0.5) is 13.2 Å². The highest BCUT2D eigenvalue weighted by Gasteiger charge is 2.27. The Morgan fingerprint density at radius 3 is 2.24 bits per heavy atom. The average molecular weight is 467 g/mol. The summed E-state index contributed by atoms with van der Waals surface area (Å²) in [4.78, 5) is 17.0. The van der Waals surface area contributed by atoms with Crippen LogP contribution in [0, 0.1) is 0 Å². The first-order valence-corrected chi connectivity index (χ1v) is 11.0. The number of nitrogens with zero attached hydrogens (tertiary/aromatic N) is 2. The molecule has 33 heavy (non-hydrogen) atoms. The molecule has 0 radical (unpaired) electrons. The van der Waals surface area contributed by atoms with Crippen LogP contribution in [-0.4, -0.2) is 81.0 Å². The van der Waals surface area contributed by atoms with E-state index in [0.717, 1.165) is 5.75 Å². The Balaban J connectivity index is 1.40. The predicted octanol–water partition coefficient (Wildman–Crippen LogP) is 3.87. The van der Waals surface area contributed by atoms with Gasteiger partial charge < -0.3 is 19.1 Å². The van der Waals surface area contributed by atoms with Crippen molar-refractivity contribution in [3.05, 3.63) is 60.2 Å². The second-order valence-electron chi connectivity index (χ2n) is 7.66. The molecule has 6 nitrogen and oxygen atoms in total. The van der Waals surface area contributed by atoms with Crippen LogP contribution in [-0.2, 0) is 4.74 Å². The number of amides is 1. The molecule has 2 aromatic carbocycles. The number of benzene rings is 2. The lowest BCUT2D eigenvalue weighted by Gasteiger charge is -2.35. The van der Waals surface area contributed by atoms with Crippen molar-refractivity contribution in [3.63, 3.8) is 0 Å². The number of rotatable bonds is 11. The van der Waals surface area contributed by atoms with Crippen molar-refractivity contribution >= 4 is 5.91 Å². The fraction of sp³-hybridized carbons (Fsp3) is 0.458. The van der Waals surface area contributed by atoms with Gasteiger partial charge in [0.1, 0.15) is 31.3 Å². The molecule has 1 fully saturated rings. The number of hydrogen-bond acceptors (Lipinski definition) is 5. The van der Waals surface area contributed by atoms with Crippen molar-refractivity contribution in [2.75, 3.05) is 59.2 Å². The molecule has 0 spiro atoms. The van der Waals surface area contributed by atoms with Crippen molar-refractivity contribution in [1.82, 2.24) is 9.80 Å². The molecule has 0 aromatic heterocycles. The number of hydrogen-bond donors (Lipinski definition) is 0. The summed E-state index contributed by atoms with van der Waals surface area (Å²) in [6.45, 7) is 2.59. The zero-order valence-corrected chi connectivity index (χ0v) is 18.4. The van der Waals surface area contributed by atoms with E-state index in [9.17, 15) is 18.0 Å². The molecule has 0 atom stereocenters. The predicted molar refractivity (Wildman–Crippen MR) is 118 cm³/mol. The molecule has 1 amide bonds. The highest BCUT2D eigenvalue weighted by atomic mass is 19.4. The number of halogens is 3. The van der Waals surface area contributed by atoms with Gasteiger partial charge in [-0.25, -0.2) is 0 Å². The van der Waals surface area contributed by atoms with E-state index >= 15 is 0 Å². The van der Waals surface area contributed by atoms with Crippen LogP contribution >= 0.6 is 0 Å². The first-order chi connectivity index (χ1) is 15.9. The summed E-state index contributed by atoms with van der Waals surface area (Å²) in [6, 6.07) is 16.6. The molecular weight excluding hydrogens is 437 g/mol. The van der Waals surface area contributed by atoms with Crippen LogP contribution < -0.4 is 9.47 Å². The fourth-order valence-electron chi connectivity index (χ4n) is 3.52. The molecule has 180 valence electrons. The zero-order valence-electron chi connectivity index (χ0n) is 18.4. The molecule has 9 heteroatoms. The summed E-state index contributed by atoms with van der Waals surface area (Å²) in [5, 5.41) is 0. The van der Waals surface area contributed by atoms with Crippen molar-refractivity contribution in [2.45, 2.75) is 12.6 Å². The smallest absolute Gasteiger partial charge is 0.411 e. The largest absolute Gasteiger partial charge is 0.490 e. The fourth-order valence-corrected chi connectivity index (χ4v) is 3.52. The van der Waals surface area contributed by atoms with Crippen LogP contribution in [0.3, 0.4) is 0 Å². The highest BCUT2D eigenvalue weighted by Crippen LogP contribution is 2.21. The van der Waals surface area contributed by atoms with Crippen molar-refractivity contribution in [1.29, 1.82) is 0 Å². The van der Waals surface area contributed by atoms with E-state index in [2.05, 4.69) is 9.64 Å². The maximum atomic E-state index is 13.0. The summed E-state index contributed by atoms with van der Waals surface area (Å²) in [5.74, 6) is 1.18. The molecule has 2 aromatic rings. The minimum Gasteiger partial charge on any atom is -0.490 e. The van der Waals surface area contributed by atoms with Crippen LogP contribution in [0.25, 0.3) is 0 Å². The topological polar surface area (TPSA) is 51.2 Å². The van der Waals surface area contributed by atoms with Crippen molar-refractivity contribution in [2.24, 2.45) is 0 Å². The Morgan fingerprint density at radius 1 is 0.848 bits per heavy atom. The summed E-state index contributed by atoms with van der Waals surface area (Å²) in [6.07, 6.45) is -3.77. The Hall–Kier alpha value is -2.78. The average Bonchev–Trinajstić information content (AvgIpc) is 2.82. The lowest BCUT2D eigenvalue weighted by atomic mass is 10.1. The zero-order chi connectivity index (χ0) is 23.5. The summed E-state index contributed by atoms with van der Waals surface area (Å²) >= 11 is 0. The summed E-state index contributed by atoms with van der Waals surface area (Å²) in [5.41, 5.74) is 0.506. The van der Waals surface area contributed by atoms with E-state index in [1.807, 2.05) is 36.4 Å². The SMILES string of the molecule is O=C(c1ccccc1OCCOc1ccccc1)N1CCN(CCCOCC(F)(F)F)CC1. The third-order valence-corrected chi connectivity index (χ3v) is 5.16. The van der Waals surface area contributed by atoms with Crippen LogP contribution in [0.2, 0.25) is 0 Å². The number of alkyl halides is 3. The molecule has 0 aliphatic carbocycles. The van der Waals surface area contributed by atoms with Gasteiger partial charge in [0.15, 0.2) is 0 Å². The molecule has 0 bridgehead atoms. The minimum absolute atomic E-state index is 0.0668. The van der Waals surface area contributed by atoms with Gasteiger partial charge in [0.2, 0.25) is 0 Å². The maximum absolute atomic E-state index is 13.0. The Bertz CT molecular complexity index is 856. The standard InChI is InChI=1S/C24H29F3N2O4/c25-24(26,27)19-31-16-6-11-28-12-14-29(15-13-28)23(30)21-9-4-5-10-22(21)33-18-17-32-20-7-2-1-3-8-20/h1-5,7-10H,6,11-19H2. The van der Waals surface area contributed by atoms with E-state index in [-0.39, 0.29) is 12.5 Å². The Kier molecular flexibility index (Phi) is 9.38. The molecule has 0 N–H and O–H groups in total. The first kappa shape index (κ1) is 24.9.